The van der Waals surface area contributed by atoms with Crippen molar-refractivity contribution in [3.05, 3.63) is 0 Å². The molecule has 90 valence electrons. The molecule has 1 saturated carbocycles. The van der Waals surface area contributed by atoms with Gasteiger partial charge >= 0.3 is 0 Å². The van der Waals surface area contributed by atoms with Crippen molar-refractivity contribution in [2.45, 2.75) is 57.7 Å². The quantitative estimate of drug-likeness (QED) is 0.607. The Morgan fingerprint density at radius 3 is 2.47 bits per heavy atom. The van der Waals surface area contributed by atoms with Crippen LogP contribution in [-0.2, 0) is 0 Å². The molecular formula is C12H24O3. The third kappa shape index (κ3) is 3.44. The van der Waals surface area contributed by atoms with Crippen molar-refractivity contribution in [3.63, 3.8) is 0 Å². The Balaban J connectivity index is 2.41. The lowest BCUT2D eigenvalue weighted by molar-refractivity contribution is -0.0837. The Morgan fingerprint density at radius 1 is 1.13 bits per heavy atom. The molecule has 4 atom stereocenters. The summed E-state index contributed by atoms with van der Waals surface area (Å²) in [6, 6.07) is 0. The van der Waals surface area contributed by atoms with Crippen LogP contribution in [0.2, 0.25) is 0 Å². The number of hydrogen-bond acceptors (Lipinski definition) is 3. The van der Waals surface area contributed by atoms with Crippen molar-refractivity contribution in [1.29, 1.82) is 0 Å². The molecule has 1 aliphatic rings. The molecule has 0 spiro atoms. The molecule has 1 unspecified atom stereocenters. The Labute approximate surface area is 92.1 Å². The van der Waals surface area contributed by atoms with Crippen LogP contribution in [-0.4, -0.2) is 34.1 Å². The first-order chi connectivity index (χ1) is 7.20. The Bertz CT molecular complexity index is 172. The Hall–Kier alpha value is -0.120. The highest BCUT2D eigenvalue weighted by Crippen LogP contribution is 2.33. The monoisotopic (exact) mass is 216 g/mol. The molecule has 1 aliphatic carbocycles. The van der Waals surface area contributed by atoms with E-state index < -0.39 is 12.2 Å². The van der Waals surface area contributed by atoms with Crippen LogP contribution in [0.5, 0.6) is 0 Å². The minimum atomic E-state index is -0.727. The summed E-state index contributed by atoms with van der Waals surface area (Å²) in [6.07, 6.45) is 4.90. The number of unbranched alkanes of at least 4 members (excludes halogenated alkanes) is 2. The zero-order valence-electron chi connectivity index (χ0n) is 9.60. The summed E-state index contributed by atoms with van der Waals surface area (Å²) in [5, 5.41) is 28.5. The fourth-order valence-electron chi connectivity index (χ4n) is 2.61. The van der Waals surface area contributed by atoms with E-state index in [2.05, 4.69) is 6.92 Å². The highest BCUT2D eigenvalue weighted by molar-refractivity contribution is 4.86. The van der Waals surface area contributed by atoms with Gasteiger partial charge in [-0.1, -0.05) is 26.2 Å². The summed E-state index contributed by atoms with van der Waals surface area (Å²) in [6.45, 7) is 2.16. The standard InChI is InChI=1S/C12H24O3/c1-2-3-4-5-9-6-7-11(14)12(15)10(9)8-13/h9-15H,2-8H2,1H3/t9?,10-,11+,12+/m0/s1. The van der Waals surface area contributed by atoms with Crippen LogP contribution in [0.1, 0.15) is 45.4 Å². The van der Waals surface area contributed by atoms with E-state index in [4.69, 9.17) is 0 Å². The van der Waals surface area contributed by atoms with Gasteiger partial charge in [0, 0.05) is 12.5 Å². The Kier molecular flexibility index (Phi) is 5.58. The fourth-order valence-corrected chi connectivity index (χ4v) is 2.61. The third-order valence-corrected chi connectivity index (χ3v) is 3.66. The molecule has 0 aliphatic heterocycles. The molecule has 0 aromatic carbocycles. The van der Waals surface area contributed by atoms with Gasteiger partial charge in [-0.25, -0.2) is 0 Å². The van der Waals surface area contributed by atoms with E-state index in [1.165, 1.54) is 19.3 Å². The first-order valence-electron chi connectivity index (χ1n) is 6.17. The maximum atomic E-state index is 9.75. The molecule has 0 aromatic heterocycles. The van der Waals surface area contributed by atoms with E-state index in [1.807, 2.05) is 0 Å². The van der Waals surface area contributed by atoms with Crippen LogP contribution in [0.3, 0.4) is 0 Å². The second-order valence-electron chi connectivity index (χ2n) is 4.74. The van der Waals surface area contributed by atoms with Crippen LogP contribution in [0.25, 0.3) is 0 Å². The van der Waals surface area contributed by atoms with E-state index in [9.17, 15) is 15.3 Å². The molecule has 0 bridgehead atoms. The van der Waals surface area contributed by atoms with Crippen molar-refractivity contribution in [2.24, 2.45) is 11.8 Å². The molecule has 3 heteroatoms. The molecule has 0 amide bonds. The second-order valence-corrected chi connectivity index (χ2v) is 4.74. The first kappa shape index (κ1) is 12.9. The molecule has 3 N–H and O–H groups in total. The number of hydrogen-bond donors (Lipinski definition) is 3. The summed E-state index contributed by atoms with van der Waals surface area (Å²) >= 11 is 0. The predicted octanol–water partition coefficient (Wildman–Crippen LogP) is 1.31. The summed E-state index contributed by atoms with van der Waals surface area (Å²) in [7, 11) is 0. The van der Waals surface area contributed by atoms with Crippen molar-refractivity contribution in [1.82, 2.24) is 0 Å². The van der Waals surface area contributed by atoms with Gasteiger partial charge < -0.3 is 15.3 Å². The Morgan fingerprint density at radius 2 is 1.87 bits per heavy atom. The molecular weight excluding hydrogens is 192 g/mol. The van der Waals surface area contributed by atoms with E-state index in [0.717, 1.165) is 12.8 Å². The highest BCUT2D eigenvalue weighted by Gasteiger charge is 2.36. The lowest BCUT2D eigenvalue weighted by Crippen LogP contribution is -2.44. The van der Waals surface area contributed by atoms with Gasteiger partial charge in [0.1, 0.15) is 0 Å². The summed E-state index contributed by atoms with van der Waals surface area (Å²) in [5.41, 5.74) is 0. The maximum absolute atomic E-state index is 9.75. The van der Waals surface area contributed by atoms with Crippen LogP contribution >= 0.6 is 0 Å². The molecule has 0 radical (unpaired) electrons. The molecule has 0 aromatic rings. The van der Waals surface area contributed by atoms with Crippen LogP contribution in [0.15, 0.2) is 0 Å². The number of aliphatic hydroxyl groups is 3. The fraction of sp³-hybridized carbons (Fsp3) is 1.00. The summed E-state index contributed by atoms with van der Waals surface area (Å²) in [5.74, 6) is 0.269. The zero-order valence-corrected chi connectivity index (χ0v) is 9.60. The van der Waals surface area contributed by atoms with E-state index in [1.54, 1.807) is 0 Å². The summed E-state index contributed by atoms with van der Waals surface area (Å²) < 4.78 is 0. The van der Waals surface area contributed by atoms with Gasteiger partial charge in [0.05, 0.1) is 12.2 Å². The van der Waals surface area contributed by atoms with Gasteiger partial charge in [-0.15, -0.1) is 0 Å². The van der Waals surface area contributed by atoms with E-state index in [0.29, 0.717) is 12.3 Å². The minimum absolute atomic E-state index is 0.00494. The molecule has 0 saturated heterocycles. The molecule has 15 heavy (non-hydrogen) atoms. The molecule has 0 heterocycles. The molecule has 1 fully saturated rings. The second kappa shape index (κ2) is 6.46. The topological polar surface area (TPSA) is 60.7 Å². The zero-order chi connectivity index (χ0) is 11.3. The SMILES string of the molecule is CCCCCC1CC[C@@H](O)[C@H](O)[C@H]1CO. The van der Waals surface area contributed by atoms with Crippen molar-refractivity contribution < 1.29 is 15.3 Å². The highest BCUT2D eigenvalue weighted by atomic mass is 16.3. The molecule has 1 rings (SSSR count). The van der Waals surface area contributed by atoms with Gasteiger partial charge in [-0.3, -0.25) is 0 Å². The summed E-state index contributed by atoms with van der Waals surface area (Å²) in [4.78, 5) is 0. The van der Waals surface area contributed by atoms with E-state index in [-0.39, 0.29) is 12.5 Å². The average molecular weight is 216 g/mol. The predicted molar refractivity (Wildman–Crippen MR) is 59.5 cm³/mol. The maximum Gasteiger partial charge on any atom is 0.0851 e. The normalized spacial score (nSPS) is 36.8. The van der Waals surface area contributed by atoms with Gasteiger partial charge in [0.2, 0.25) is 0 Å². The van der Waals surface area contributed by atoms with Crippen molar-refractivity contribution >= 4 is 0 Å². The van der Waals surface area contributed by atoms with E-state index >= 15 is 0 Å². The lowest BCUT2D eigenvalue weighted by Gasteiger charge is -2.37. The van der Waals surface area contributed by atoms with Gasteiger partial charge in [0.15, 0.2) is 0 Å². The molecule has 3 nitrogen and oxygen atoms in total. The van der Waals surface area contributed by atoms with Gasteiger partial charge in [-0.05, 0) is 25.2 Å². The minimum Gasteiger partial charge on any atom is -0.396 e. The van der Waals surface area contributed by atoms with Gasteiger partial charge in [-0.2, -0.15) is 0 Å². The number of rotatable bonds is 5. The third-order valence-electron chi connectivity index (χ3n) is 3.66. The van der Waals surface area contributed by atoms with Crippen molar-refractivity contribution in [3.8, 4) is 0 Å². The smallest absolute Gasteiger partial charge is 0.0851 e. The number of aliphatic hydroxyl groups excluding tert-OH is 3. The average Bonchev–Trinajstić information content (AvgIpc) is 2.24. The first-order valence-corrected chi connectivity index (χ1v) is 6.17. The lowest BCUT2D eigenvalue weighted by atomic mass is 9.74. The van der Waals surface area contributed by atoms with Crippen LogP contribution < -0.4 is 0 Å². The van der Waals surface area contributed by atoms with Crippen LogP contribution in [0, 0.1) is 11.8 Å². The van der Waals surface area contributed by atoms with Crippen molar-refractivity contribution in [2.75, 3.05) is 6.61 Å². The van der Waals surface area contributed by atoms with Crippen LogP contribution in [0.4, 0.5) is 0 Å². The van der Waals surface area contributed by atoms with Gasteiger partial charge in [0.25, 0.3) is 0 Å². The largest absolute Gasteiger partial charge is 0.396 e.